The number of hydrogen-bond donors (Lipinski definition) is 2. The number of aromatic nitrogens is 2. The Kier molecular flexibility index (Phi) is 3.39. The van der Waals surface area contributed by atoms with Gasteiger partial charge in [-0.25, -0.2) is 4.98 Å². The Balaban J connectivity index is 2.70. The van der Waals surface area contributed by atoms with Gasteiger partial charge in [0.2, 0.25) is 0 Å². The topological polar surface area (TPSA) is 80.9 Å². The fraction of sp³-hybridized carbons (Fsp3) is 0.444. The van der Waals surface area contributed by atoms with E-state index in [4.69, 9.17) is 5.73 Å². The molecule has 14 heavy (non-hydrogen) atoms. The van der Waals surface area contributed by atoms with E-state index in [1.165, 1.54) is 12.4 Å². The van der Waals surface area contributed by atoms with Crippen molar-refractivity contribution in [3.8, 4) is 0 Å². The molecule has 1 amide bonds. The number of hydrogen-bond acceptors (Lipinski definition) is 4. The fourth-order valence-electron chi connectivity index (χ4n) is 0.890. The van der Waals surface area contributed by atoms with Crippen LogP contribution >= 0.6 is 0 Å². The van der Waals surface area contributed by atoms with Crippen LogP contribution < -0.4 is 11.1 Å². The first-order chi connectivity index (χ1) is 6.63. The van der Waals surface area contributed by atoms with Crippen molar-refractivity contribution in [2.24, 2.45) is 0 Å². The van der Waals surface area contributed by atoms with Crippen molar-refractivity contribution in [1.82, 2.24) is 15.3 Å². The molecule has 0 saturated heterocycles. The van der Waals surface area contributed by atoms with Crippen molar-refractivity contribution >= 4 is 11.7 Å². The van der Waals surface area contributed by atoms with Crippen molar-refractivity contribution < 1.29 is 4.79 Å². The highest BCUT2D eigenvalue weighted by Crippen LogP contribution is 1.98. The summed E-state index contributed by atoms with van der Waals surface area (Å²) >= 11 is 0. The second kappa shape index (κ2) is 4.55. The molecule has 3 N–H and O–H groups in total. The molecule has 1 aromatic rings. The molecule has 0 spiro atoms. The molecule has 5 nitrogen and oxygen atoms in total. The molecule has 0 aromatic carbocycles. The average Bonchev–Trinajstić information content (AvgIpc) is 2.17. The van der Waals surface area contributed by atoms with Crippen LogP contribution in [0, 0.1) is 0 Å². The smallest absolute Gasteiger partial charge is 0.271 e. The minimum Gasteiger partial charge on any atom is -0.382 e. The number of nitrogens with one attached hydrogen (secondary N) is 1. The van der Waals surface area contributed by atoms with E-state index in [2.05, 4.69) is 15.3 Å². The van der Waals surface area contributed by atoms with Crippen LogP contribution in [0.1, 0.15) is 30.8 Å². The predicted octanol–water partition coefficient (Wildman–Crippen LogP) is 0.587. The zero-order chi connectivity index (χ0) is 10.6. The van der Waals surface area contributed by atoms with E-state index in [-0.39, 0.29) is 23.5 Å². The molecule has 0 aliphatic heterocycles. The van der Waals surface area contributed by atoms with Crippen molar-refractivity contribution in [2.75, 3.05) is 5.73 Å². The number of anilines is 1. The number of nitrogens with zero attached hydrogens (tertiary/aromatic N) is 2. The summed E-state index contributed by atoms with van der Waals surface area (Å²) in [6, 6.07) is 0.130. The summed E-state index contributed by atoms with van der Waals surface area (Å²) in [5.74, 6) is 0.0148. The molecular formula is C9H14N4O. The third-order valence-electron chi connectivity index (χ3n) is 1.88. The van der Waals surface area contributed by atoms with E-state index < -0.39 is 0 Å². The van der Waals surface area contributed by atoms with Crippen LogP contribution in [-0.4, -0.2) is 21.9 Å². The normalized spacial score (nSPS) is 12.1. The van der Waals surface area contributed by atoms with Crippen LogP contribution in [0.5, 0.6) is 0 Å². The highest BCUT2D eigenvalue weighted by Gasteiger charge is 2.09. The summed E-state index contributed by atoms with van der Waals surface area (Å²) in [7, 11) is 0. The molecule has 76 valence electrons. The lowest BCUT2D eigenvalue weighted by Crippen LogP contribution is -2.32. The van der Waals surface area contributed by atoms with Gasteiger partial charge < -0.3 is 11.1 Å². The van der Waals surface area contributed by atoms with Crippen molar-refractivity contribution in [1.29, 1.82) is 0 Å². The summed E-state index contributed by atoms with van der Waals surface area (Å²) in [5.41, 5.74) is 5.66. The number of amides is 1. The molecule has 0 radical (unpaired) electrons. The summed E-state index contributed by atoms with van der Waals surface area (Å²) in [5, 5.41) is 2.78. The van der Waals surface area contributed by atoms with Gasteiger partial charge in [-0.05, 0) is 13.3 Å². The molecule has 1 atom stereocenters. The lowest BCUT2D eigenvalue weighted by atomic mass is 10.2. The van der Waals surface area contributed by atoms with E-state index in [1.54, 1.807) is 0 Å². The number of nitrogen functional groups attached to an aromatic ring is 1. The minimum atomic E-state index is -0.237. The molecule has 0 bridgehead atoms. The molecule has 0 aliphatic carbocycles. The van der Waals surface area contributed by atoms with Gasteiger partial charge >= 0.3 is 0 Å². The SMILES string of the molecule is CCC(C)NC(=O)c1cncc(N)n1. The van der Waals surface area contributed by atoms with Crippen LogP contribution in [0.25, 0.3) is 0 Å². The van der Waals surface area contributed by atoms with Gasteiger partial charge in [-0.2, -0.15) is 0 Å². The summed E-state index contributed by atoms with van der Waals surface area (Å²) in [6.45, 7) is 3.92. The third kappa shape index (κ3) is 2.69. The molecule has 0 saturated carbocycles. The number of carbonyl (C=O) groups is 1. The first-order valence-electron chi connectivity index (χ1n) is 4.52. The third-order valence-corrected chi connectivity index (χ3v) is 1.88. The van der Waals surface area contributed by atoms with Crippen LogP contribution in [0.3, 0.4) is 0 Å². The summed E-state index contributed by atoms with van der Waals surface area (Å²) in [4.78, 5) is 19.2. The van der Waals surface area contributed by atoms with E-state index in [0.717, 1.165) is 6.42 Å². The van der Waals surface area contributed by atoms with Crippen molar-refractivity contribution in [3.05, 3.63) is 18.1 Å². The maximum absolute atomic E-state index is 11.5. The number of carbonyl (C=O) groups excluding carboxylic acids is 1. The second-order valence-electron chi connectivity index (χ2n) is 3.11. The Morgan fingerprint density at radius 3 is 2.93 bits per heavy atom. The maximum Gasteiger partial charge on any atom is 0.271 e. The molecule has 1 unspecified atom stereocenters. The van der Waals surface area contributed by atoms with Gasteiger partial charge in [0.1, 0.15) is 11.5 Å². The Labute approximate surface area is 82.7 Å². The Hall–Kier alpha value is -1.65. The highest BCUT2D eigenvalue weighted by molar-refractivity contribution is 5.92. The van der Waals surface area contributed by atoms with E-state index in [0.29, 0.717) is 0 Å². The number of rotatable bonds is 3. The van der Waals surface area contributed by atoms with Gasteiger partial charge in [-0.1, -0.05) is 6.92 Å². The van der Waals surface area contributed by atoms with Gasteiger partial charge in [-0.15, -0.1) is 0 Å². The first kappa shape index (κ1) is 10.4. The molecule has 5 heteroatoms. The van der Waals surface area contributed by atoms with E-state index in [9.17, 15) is 4.79 Å². The zero-order valence-electron chi connectivity index (χ0n) is 8.32. The average molecular weight is 194 g/mol. The molecule has 1 aromatic heterocycles. The first-order valence-corrected chi connectivity index (χ1v) is 4.52. The van der Waals surface area contributed by atoms with Gasteiger partial charge in [0, 0.05) is 6.04 Å². The second-order valence-corrected chi connectivity index (χ2v) is 3.11. The van der Waals surface area contributed by atoms with Crippen LogP contribution in [-0.2, 0) is 0 Å². The van der Waals surface area contributed by atoms with Crippen molar-refractivity contribution in [3.63, 3.8) is 0 Å². The van der Waals surface area contributed by atoms with Gasteiger partial charge in [0.15, 0.2) is 0 Å². The van der Waals surface area contributed by atoms with Crippen molar-refractivity contribution in [2.45, 2.75) is 26.3 Å². The maximum atomic E-state index is 11.5. The van der Waals surface area contributed by atoms with Crippen LogP contribution in [0.15, 0.2) is 12.4 Å². The number of nitrogens with two attached hydrogens (primary N) is 1. The molecule has 0 fully saturated rings. The predicted molar refractivity (Wildman–Crippen MR) is 53.7 cm³/mol. The molecule has 0 aliphatic rings. The fourth-order valence-corrected chi connectivity index (χ4v) is 0.890. The monoisotopic (exact) mass is 194 g/mol. The standard InChI is InChI=1S/C9H14N4O/c1-3-6(2)12-9(14)7-4-11-5-8(10)13-7/h4-6H,3H2,1-2H3,(H2,10,13)(H,12,14). The van der Waals surface area contributed by atoms with E-state index >= 15 is 0 Å². The lowest BCUT2D eigenvalue weighted by molar-refractivity contribution is 0.0934. The highest BCUT2D eigenvalue weighted by atomic mass is 16.1. The summed E-state index contributed by atoms with van der Waals surface area (Å²) in [6.07, 6.45) is 3.68. The van der Waals surface area contributed by atoms with Gasteiger partial charge in [0.25, 0.3) is 5.91 Å². The lowest BCUT2D eigenvalue weighted by Gasteiger charge is -2.10. The Bertz CT molecular complexity index is 326. The van der Waals surface area contributed by atoms with Gasteiger partial charge in [-0.3, -0.25) is 9.78 Å². The zero-order valence-corrected chi connectivity index (χ0v) is 8.32. The summed E-state index contributed by atoms with van der Waals surface area (Å²) < 4.78 is 0. The quantitative estimate of drug-likeness (QED) is 0.737. The Morgan fingerprint density at radius 2 is 2.36 bits per heavy atom. The van der Waals surface area contributed by atoms with Crippen LogP contribution in [0.2, 0.25) is 0 Å². The van der Waals surface area contributed by atoms with Gasteiger partial charge in [0.05, 0.1) is 12.4 Å². The van der Waals surface area contributed by atoms with Crippen LogP contribution in [0.4, 0.5) is 5.82 Å². The molecule has 1 rings (SSSR count). The Morgan fingerprint density at radius 1 is 1.64 bits per heavy atom. The largest absolute Gasteiger partial charge is 0.382 e. The molecule has 1 heterocycles. The van der Waals surface area contributed by atoms with E-state index in [1.807, 2.05) is 13.8 Å². The minimum absolute atomic E-state index is 0.130. The molecular weight excluding hydrogens is 180 g/mol.